The average Bonchev–Trinajstić information content (AvgIpc) is 2.25. The lowest BCUT2D eigenvalue weighted by molar-refractivity contribution is -0.141. The van der Waals surface area contributed by atoms with Crippen molar-refractivity contribution in [3.63, 3.8) is 0 Å². The van der Waals surface area contributed by atoms with Crippen LogP contribution >= 0.6 is 0 Å². The van der Waals surface area contributed by atoms with Crippen molar-refractivity contribution < 1.29 is 18.3 Å². The van der Waals surface area contributed by atoms with E-state index in [2.05, 4.69) is 15.5 Å². The molecule has 1 heterocycles. The molecule has 0 aliphatic heterocycles. The van der Waals surface area contributed by atoms with Crippen LogP contribution in [0.4, 0.5) is 19.0 Å². The number of hydrogen-bond donors (Lipinski definition) is 2. The monoisotopic (exact) mass is 235 g/mol. The van der Waals surface area contributed by atoms with Crippen molar-refractivity contribution in [3.8, 4) is 0 Å². The summed E-state index contributed by atoms with van der Waals surface area (Å²) in [5.41, 5.74) is -1.02. The Kier molecular flexibility index (Phi) is 4.05. The Labute approximate surface area is 90.5 Å². The molecule has 4 nitrogen and oxygen atoms in total. The van der Waals surface area contributed by atoms with Crippen LogP contribution in [-0.2, 0) is 6.18 Å². The maximum Gasteiger partial charge on any atom is 0.435 e. The van der Waals surface area contributed by atoms with Crippen LogP contribution in [0.5, 0.6) is 0 Å². The van der Waals surface area contributed by atoms with Crippen LogP contribution in [0.25, 0.3) is 0 Å². The first-order valence-electron chi connectivity index (χ1n) is 4.69. The van der Waals surface area contributed by atoms with E-state index >= 15 is 0 Å². The summed E-state index contributed by atoms with van der Waals surface area (Å²) >= 11 is 0. The first kappa shape index (κ1) is 12.7. The molecule has 1 aromatic heterocycles. The zero-order valence-electron chi connectivity index (χ0n) is 8.62. The van der Waals surface area contributed by atoms with Gasteiger partial charge in [-0.25, -0.2) is 0 Å². The van der Waals surface area contributed by atoms with E-state index in [4.69, 9.17) is 5.11 Å². The zero-order chi connectivity index (χ0) is 12.2. The molecule has 1 atom stereocenters. The van der Waals surface area contributed by atoms with E-state index in [1.807, 2.05) is 0 Å². The van der Waals surface area contributed by atoms with Gasteiger partial charge in [0, 0.05) is 13.2 Å². The standard InChI is InChI=1S/C9H12F3N3O/c1-6(5-16)4-13-8-3-2-7(14-15-8)9(10,11)12/h2-3,6,16H,4-5H2,1H3,(H,13,15). The molecular formula is C9H12F3N3O. The molecule has 16 heavy (non-hydrogen) atoms. The first-order chi connectivity index (χ1) is 7.43. The number of nitrogens with zero attached hydrogens (tertiary/aromatic N) is 2. The second-order valence-corrected chi connectivity index (χ2v) is 3.47. The van der Waals surface area contributed by atoms with Gasteiger partial charge in [-0.05, 0) is 18.1 Å². The Morgan fingerprint density at radius 1 is 1.38 bits per heavy atom. The van der Waals surface area contributed by atoms with E-state index < -0.39 is 11.9 Å². The van der Waals surface area contributed by atoms with Crippen LogP contribution in [-0.4, -0.2) is 28.5 Å². The summed E-state index contributed by atoms with van der Waals surface area (Å²) in [7, 11) is 0. The second-order valence-electron chi connectivity index (χ2n) is 3.47. The summed E-state index contributed by atoms with van der Waals surface area (Å²) in [6, 6.07) is 2.07. The molecule has 0 saturated carbocycles. The maximum atomic E-state index is 12.1. The molecule has 0 fully saturated rings. The largest absolute Gasteiger partial charge is 0.435 e. The van der Waals surface area contributed by atoms with Crippen molar-refractivity contribution in [2.45, 2.75) is 13.1 Å². The van der Waals surface area contributed by atoms with Crippen molar-refractivity contribution in [2.24, 2.45) is 5.92 Å². The number of aliphatic hydroxyl groups excluding tert-OH is 1. The third kappa shape index (κ3) is 3.65. The highest BCUT2D eigenvalue weighted by molar-refractivity contribution is 5.33. The highest BCUT2D eigenvalue weighted by Crippen LogP contribution is 2.26. The number of hydrogen-bond acceptors (Lipinski definition) is 4. The van der Waals surface area contributed by atoms with Crippen LogP contribution in [0.1, 0.15) is 12.6 Å². The van der Waals surface area contributed by atoms with Crippen molar-refractivity contribution in [3.05, 3.63) is 17.8 Å². The van der Waals surface area contributed by atoms with Gasteiger partial charge in [-0.3, -0.25) is 0 Å². The van der Waals surface area contributed by atoms with Crippen molar-refractivity contribution in [2.75, 3.05) is 18.5 Å². The van der Waals surface area contributed by atoms with Crippen molar-refractivity contribution >= 4 is 5.82 Å². The van der Waals surface area contributed by atoms with E-state index in [1.165, 1.54) is 6.07 Å². The molecule has 1 rings (SSSR count). The quantitative estimate of drug-likeness (QED) is 0.831. The molecule has 90 valence electrons. The van der Waals surface area contributed by atoms with Crippen LogP contribution in [0, 0.1) is 5.92 Å². The number of aliphatic hydroxyl groups is 1. The van der Waals surface area contributed by atoms with E-state index in [-0.39, 0.29) is 18.3 Å². The molecule has 0 amide bonds. The number of anilines is 1. The molecule has 7 heteroatoms. The third-order valence-electron chi connectivity index (χ3n) is 1.90. The van der Waals surface area contributed by atoms with Gasteiger partial charge in [-0.15, -0.1) is 10.2 Å². The Morgan fingerprint density at radius 2 is 2.06 bits per heavy atom. The normalized spacial score (nSPS) is 13.6. The molecule has 0 aromatic carbocycles. The summed E-state index contributed by atoms with van der Waals surface area (Å²) in [6.45, 7) is 2.22. The molecule has 1 unspecified atom stereocenters. The van der Waals surface area contributed by atoms with Gasteiger partial charge < -0.3 is 10.4 Å². The molecule has 0 radical (unpaired) electrons. The fourth-order valence-electron chi connectivity index (χ4n) is 0.921. The highest BCUT2D eigenvalue weighted by Gasteiger charge is 2.32. The van der Waals surface area contributed by atoms with Crippen molar-refractivity contribution in [1.82, 2.24) is 10.2 Å². The minimum Gasteiger partial charge on any atom is -0.396 e. The Morgan fingerprint density at radius 3 is 2.50 bits per heavy atom. The van der Waals surface area contributed by atoms with Crippen LogP contribution in [0.15, 0.2) is 12.1 Å². The molecule has 2 N–H and O–H groups in total. The van der Waals surface area contributed by atoms with Crippen LogP contribution in [0.3, 0.4) is 0 Å². The molecule has 0 aliphatic carbocycles. The Balaban J connectivity index is 2.58. The topological polar surface area (TPSA) is 58.0 Å². The second kappa shape index (κ2) is 5.11. The lowest BCUT2D eigenvalue weighted by Gasteiger charge is -2.10. The van der Waals surface area contributed by atoms with E-state index in [0.717, 1.165) is 6.07 Å². The lowest BCUT2D eigenvalue weighted by Crippen LogP contribution is -2.16. The summed E-state index contributed by atoms with van der Waals surface area (Å²) in [4.78, 5) is 0. The predicted octanol–water partition coefficient (Wildman–Crippen LogP) is 1.54. The Hall–Kier alpha value is -1.37. The molecule has 0 spiro atoms. The summed E-state index contributed by atoms with van der Waals surface area (Å²) in [5, 5.41) is 18.0. The fraction of sp³-hybridized carbons (Fsp3) is 0.556. The van der Waals surface area contributed by atoms with E-state index in [9.17, 15) is 13.2 Å². The summed E-state index contributed by atoms with van der Waals surface area (Å²) in [6.07, 6.45) is -4.47. The van der Waals surface area contributed by atoms with Gasteiger partial charge in [0.05, 0.1) is 0 Å². The number of rotatable bonds is 4. The average molecular weight is 235 g/mol. The van der Waals surface area contributed by atoms with Gasteiger partial charge in [0.15, 0.2) is 5.69 Å². The molecular weight excluding hydrogens is 223 g/mol. The van der Waals surface area contributed by atoms with Crippen LogP contribution < -0.4 is 5.32 Å². The number of aromatic nitrogens is 2. The summed E-state index contributed by atoms with van der Waals surface area (Å²) < 4.78 is 36.4. The number of halogens is 3. The van der Waals surface area contributed by atoms with E-state index in [0.29, 0.717) is 6.54 Å². The number of nitrogens with one attached hydrogen (secondary N) is 1. The van der Waals surface area contributed by atoms with E-state index in [1.54, 1.807) is 6.92 Å². The minimum absolute atomic E-state index is 0.00105. The Bertz CT molecular complexity index is 326. The zero-order valence-corrected chi connectivity index (χ0v) is 8.62. The SMILES string of the molecule is CC(CO)CNc1ccc(C(F)(F)F)nn1. The van der Waals surface area contributed by atoms with Crippen molar-refractivity contribution in [1.29, 1.82) is 0 Å². The molecule has 1 aromatic rings. The van der Waals surface area contributed by atoms with Gasteiger partial charge in [-0.2, -0.15) is 13.2 Å². The first-order valence-corrected chi connectivity index (χ1v) is 4.69. The lowest BCUT2D eigenvalue weighted by atomic mass is 10.2. The van der Waals surface area contributed by atoms with Gasteiger partial charge in [0.2, 0.25) is 0 Å². The van der Waals surface area contributed by atoms with Gasteiger partial charge in [-0.1, -0.05) is 6.92 Å². The predicted molar refractivity (Wildman–Crippen MR) is 51.8 cm³/mol. The highest BCUT2D eigenvalue weighted by atomic mass is 19.4. The molecule has 0 bridgehead atoms. The fourth-order valence-corrected chi connectivity index (χ4v) is 0.921. The number of alkyl halides is 3. The summed E-state index contributed by atoms with van der Waals surface area (Å²) in [5.74, 6) is 0.261. The molecule has 0 saturated heterocycles. The van der Waals surface area contributed by atoms with Gasteiger partial charge in [0.25, 0.3) is 0 Å². The van der Waals surface area contributed by atoms with Gasteiger partial charge >= 0.3 is 6.18 Å². The smallest absolute Gasteiger partial charge is 0.396 e. The van der Waals surface area contributed by atoms with Gasteiger partial charge in [0.1, 0.15) is 5.82 Å². The molecule has 0 aliphatic rings. The van der Waals surface area contributed by atoms with Crippen LogP contribution in [0.2, 0.25) is 0 Å². The maximum absolute atomic E-state index is 12.1. The minimum atomic E-state index is -4.47. The third-order valence-corrected chi connectivity index (χ3v) is 1.90.